The summed E-state index contributed by atoms with van der Waals surface area (Å²) in [5, 5.41) is 20.6. The average molecular weight is 316 g/mol. The third-order valence-corrected chi connectivity index (χ3v) is 0. The minimum absolute atomic E-state index is 0. The normalized spacial score (nSPS) is 5.40. The first-order valence-corrected chi connectivity index (χ1v) is 2.99. The molecule has 0 bridgehead atoms. The van der Waals surface area contributed by atoms with Crippen molar-refractivity contribution in [1.82, 2.24) is 5.32 Å². The molecule has 1 N–H and O–H groups in total. The molecule has 0 unspecified atom stereocenters. The van der Waals surface area contributed by atoms with Gasteiger partial charge in [0.1, 0.15) is 0 Å². The second-order valence-electron chi connectivity index (χ2n) is 1.08. The number of hydrogen-bond acceptors (Lipinski definition) is 3. The van der Waals surface area contributed by atoms with Crippen LogP contribution in [0.4, 0.5) is 0 Å². The third kappa shape index (κ3) is 1300. The van der Waals surface area contributed by atoms with Crippen molar-refractivity contribution in [3.63, 3.8) is 0 Å². The predicted octanol–water partition coefficient (Wildman–Crippen LogP) is -1.43. The van der Waals surface area contributed by atoms with E-state index in [2.05, 4.69) is 5.32 Å². The maximum atomic E-state index is 8.93. The van der Waals surface area contributed by atoms with Crippen molar-refractivity contribution in [3.8, 4) is 0 Å². The topological polar surface area (TPSA) is 58.1 Å². The SMILES string of the molecule is CC[O-].CC[O-].CNC.[Ta+2]. The smallest absolute Gasteiger partial charge is 0.855 e. The van der Waals surface area contributed by atoms with Crippen LogP contribution in [-0.2, 0) is 22.4 Å². The van der Waals surface area contributed by atoms with Crippen molar-refractivity contribution in [2.45, 2.75) is 13.8 Å². The Morgan fingerprint density at radius 1 is 1.00 bits per heavy atom. The first-order valence-electron chi connectivity index (χ1n) is 2.99. The molecule has 10 heavy (non-hydrogen) atoms. The summed E-state index contributed by atoms with van der Waals surface area (Å²) in [6, 6.07) is 0. The molecule has 0 aromatic rings. The van der Waals surface area contributed by atoms with Gasteiger partial charge in [-0.3, -0.25) is 0 Å². The molecule has 0 aliphatic heterocycles. The fourth-order valence-corrected chi connectivity index (χ4v) is 0. The summed E-state index contributed by atoms with van der Waals surface area (Å²) >= 11 is 0. The fourth-order valence-electron chi connectivity index (χ4n) is 0. The molecule has 0 aliphatic carbocycles. The van der Waals surface area contributed by atoms with E-state index in [1.807, 2.05) is 14.1 Å². The van der Waals surface area contributed by atoms with Crippen molar-refractivity contribution >= 4 is 0 Å². The summed E-state index contributed by atoms with van der Waals surface area (Å²) in [6.45, 7) is 3.14. The molecule has 0 aromatic heterocycles. The van der Waals surface area contributed by atoms with Crippen LogP contribution in [0, 0.1) is 0 Å². The molecule has 0 saturated carbocycles. The Hall–Kier alpha value is 0.620. The van der Waals surface area contributed by atoms with Gasteiger partial charge in [-0.05, 0) is 14.1 Å². The van der Waals surface area contributed by atoms with Crippen LogP contribution < -0.4 is 15.5 Å². The van der Waals surface area contributed by atoms with E-state index >= 15 is 0 Å². The van der Waals surface area contributed by atoms with E-state index in [1.54, 1.807) is 13.8 Å². The summed E-state index contributed by atoms with van der Waals surface area (Å²) < 4.78 is 0. The Labute approximate surface area is 79.3 Å². The van der Waals surface area contributed by atoms with Crippen LogP contribution in [0.25, 0.3) is 0 Å². The van der Waals surface area contributed by atoms with Gasteiger partial charge < -0.3 is 15.5 Å². The van der Waals surface area contributed by atoms with Gasteiger partial charge in [-0.1, -0.05) is 13.8 Å². The summed E-state index contributed by atoms with van der Waals surface area (Å²) in [4.78, 5) is 0. The van der Waals surface area contributed by atoms with Gasteiger partial charge in [0, 0.05) is 0 Å². The minimum Gasteiger partial charge on any atom is -0.855 e. The Kier molecular flexibility index (Phi) is 122. The maximum Gasteiger partial charge on any atom is 2.00 e. The van der Waals surface area contributed by atoms with Crippen LogP contribution >= 0.6 is 0 Å². The van der Waals surface area contributed by atoms with E-state index < -0.39 is 0 Å². The molecule has 0 amide bonds. The van der Waals surface area contributed by atoms with E-state index in [-0.39, 0.29) is 35.6 Å². The Balaban J connectivity index is -0.0000000257. The van der Waals surface area contributed by atoms with Crippen molar-refractivity contribution in [2.75, 3.05) is 27.3 Å². The van der Waals surface area contributed by atoms with Gasteiger partial charge in [0.15, 0.2) is 0 Å². The molecule has 3 nitrogen and oxygen atoms in total. The van der Waals surface area contributed by atoms with Gasteiger partial charge in [-0.25, -0.2) is 0 Å². The van der Waals surface area contributed by atoms with Gasteiger partial charge >= 0.3 is 22.4 Å². The quantitative estimate of drug-likeness (QED) is 0.596. The molecular formula is C6H17NO2Ta. The Morgan fingerprint density at radius 3 is 1.00 bits per heavy atom. The van der Waals surface area contributed by atoms with Crippen LogP contribution in [0.3, 0.4) is 0 Å². The molecule has 0 aliphatic rings. The second kappa shape index (κ2) is 54.5. The van der Waals surface area contributed by atoms with Crippen molar-refractivity contribution < 1.29 is 32.6 Å². The zero-order chi connectivity index (χ0) is 8.12. The number of nitrogens with one attached hydrogen (secondary N) is 1. The molecule has 0 aromatic carbocycles. The van der Waals surface area contributed by atoms with Gasteiger partial charge in [0.2, 0.25) is 0 Å². The zero-order valence-corrected chi connectivity index (χ0v) is 10.4. The largest absolute Gasteiger partial charge is 2.00 e. The second-order valence-corrected chi connectivity index (χ2v) is 1.08. The van der Waals surface area contributed by atoms with Crippen LogP contribution in [0.5, 0.6) is 0 Å². The molecule has 0 rings (SSSR count). The summed E-state index contributed by atoms with van der Waals surface area (Å²) in [7, 11) is 3.75. The molecule has 63 valence electrons. The first-order chi connectivity index (χ1) is 4.24. The van der Waals surface area contributed by atoms with Crippen LogP contribution in [-0.4, -0.2) is 27.3 Å². The molecule has 0 heterocycles. The molecule has 0 fully saturated rings. The zero-order valence-electron chi connectivity index (χ0n) is 7.18. The van der Waals surface area contributed by atoms with Gasteiger partial charge in [-0.15, -0.1) is 13.2 Å². The van der Waals surface area contributed by atoms with Crippen LogP contribution in [0.15, 0.2) is 0 Å². The van der Waals surface area contributed by atoms with Crippen LogP contribution in [0.1, 0.15) is 13.8 Å². The van der Waals surface area contributed by atoms with E-state index in [0.717, 1.165) is 0 Å². The molecule has 0 saturated heterocycles. The molecule has 4 heteroatoms. The molecule has 1 radical (unpaired) electrons. The molecule has 0 atom stereocenters. The van der Waals surface area contributed by atoms with E-state index in [4.69, 9.17) is 10.2 Å². The molecular weight excluding hydrogens is 299 g/mol. The Bertz CT molecular complexity index is 20.5. The van der Waals surface area contributed by atoms with Crippen molar-refractivity contribution in [2.24, 2.45) is 0 Å². The summed E-state index contributed by atoms with van der Waals surface area (Å²) in [5.74, 6) is 0. The van der Waals surface area contributed by atoms with E-state index in [1.165, 1.54) is 0 Å². The van der Waals surface area contributed by atoms with Gasteiger partial charge in [0.25, 0.3) is 0 Å². The van der Waals surface area contributed by atoms with E-state index in [0.29, 0.717) is 0 Å². The number of rotatable bonds is 0. The predicted molar refractivity (Wildman–Crippen MR) is 36.1 cm³/mol. The van der Waals surface area contributed by atoms with Gasteiger partial charge in [-0.2, -0.15) is 0 Å². The first kappa shape index (κ1) is 22.4. The summed E-state index contributed by atoms with van der Waals surface area (Å²) in [5.41, 5.74) is 0. The average Bonchev–Trinajstić information content (AvgIpc) is 1.70. The van der Waals surface area contributed by atoms with Crippen molar-refractivity contribution in [3.05, 3.63) is 0 Å². The summed E-state index contributed by atoms with van der Waals surface area (Å²) in [6.07, 6.45) is 0. The Morgan fingerprint density at radius 2 is 1.00 bits per heavy atom. The minimum atomic E-state index is 0. The number of hydrogen-bond donors (Lipinski definition) is 1. The standard InChI is InChI=1S/C2H7N.2C2H5O.Ta/c1-3-2;2*1-2-3;/h3H,1-2H3;2*2H2,1H3;/q;2*-1;+2. The third-order valence-electron chi connectivity index (χ3n) is 0. The van der Waals surface area contributed by atoms with Gasteiger partial charge in [0.05, 0.1) is 0 Å². The van der Waals surface area contributed by atoms with Crippen molar-refractivity contribution in [1.29, 1.82) is 0 Å². The molecule has 0 spiro atoms. The maximum absolute atomic E-state index is 8.93. The fraction of sp³-hybridized carbons (Fsp3) is 1.00. The monoisotopic (exact) mass is 316 g/mol. The van der Waals surface area contributed by atoms with Crippen LogP contribution in [0.2, 0.25) is 0 Å². The van der Waals surface area contributed by atoms with E-state index in [9.17, 15) is 0 Å².